The Morgan fingerprint density at radius 1 is 1.38 bits per heavy atom. The Morgan fingerprint density at radius 2 is 2.19 bits per heavy atom. The molecule has 84 valence electrons. The van der Waals surface area contributed by atoms with Gasteiger partial charge in [-0.2, -0.15) is 5.10 Å². The number of aryl methyl sites for hydroxylation is 2. The molecule has 0 atom stereocenters. The van der Waals surface area contributed by atoms with Gasteiger partial charge in [0.25, 0.3) is 0 Å². The molecular weight excluding hydrogens is 202 g/mol. The highest BCUT2D eigenvalue weighted by atomic mass is 15.3. The predicted molar refractivity (Wildman–Crippen MR) is 61.4 cm³/mol. The monoisotopic (exact) mass is 217 g/mol. The Bertz CT molecular complexity index is 475. The van der Waals surface area contributed by atoms with E-state index >= 15 is 0 Å². The molecule has 0 spiro atoms. The van der Waals surface area contributed by atoms with E-state index in [4.69, 9.17) is 0 Å². The number of hydrogen-bond acceptors (Lipinski definition) is 4. The van der Waals surface area contributed by atoms with E-state index in [-0.39, 0.29) is 0 Å². The molecular formula is C11H15N5. The van der Waals surface area contributed by atoms with Gasteiger partial charge >= 0.3 is 0 Å². The fourth-order valence-corrected chi connectivity index (χ4v) is 1.75. The first-order valence-corrected chi connectivity index (χ1v) is 5.19. The van der Waals surface area contributed by atoms with Gasteiger partial charge < -0.3 is 5.32 Å². The summed E-state index contributed by atoms with van der Waals surface area (Å²) in [5.74, 6) is 0.851. The topological polar surface area (TPSA) is 55.6 Å². The summed E-state index contributed by atoms with van der Waals surface area (Å²) in [5, 5.41) is 7.27. The fraction of sp³-hybridized carbons (Fsp3) is 0.364. The summed E-state index contributed by atoms with van der Waals surface area (Å²) in [6.45, 7) is 4.84. The van der Waals surface area contributed by atoms with Gasteiger partial charge in [0, 0.05) is 17.8 Å². The molecule has 0 aliphatic carbocycles. The first-order valence-electron chi connectivity index (χ1n) is 5.19. The normalized spacial score (nSPS) is 10.7. The van der Waals surface area contributed by atoms with E-state index in [0.29, 0.717) is 0 Å². The third kappa shape index (κ3) is 1.94. The molecule has 5 heteroatoms. The highest BCUT2D eigenvalue weighted by molar-refractivity contribution is 5.40. The number of rotatable bonds is 3. The molecule has 0 bridgehead atoms. The minimum Gasteiger partial charge on any atom is -0.316 e. The lowest BCUT2D eigenvalue weighted by Crippen LogP contribution is -2.13. The molecule has 2 aromatic heterocycles. The molecule has 2 aromatic rings. The number of nitrogens with one attached hydrogen (secondary N) is 1. The maximum absolute atomic E-state index is 4.52. The van der Waals surface area contributed by atoms with Gasteiger partial charge in [-0.25, -0.2) is 14.6 Å². The smallest absolute Gasteiger partial charge is 0.160 e. The van der Waals surface area contributed by atoms with Crippen LogP contribution in [0.15, 0.2) is 18.7 Å². The van der Waals surface area contributed by atoms with Crippen LogP contribution >= 0.6 is 0 Å². The van der Waals surface area contributed by atoms with Gasteiger partial charge in [0.05, 0.1) is 0 Å². The molecule has 0 unspecified atom stereocenters. The van der Waals surface area contributed by atoms with Crippen LogP contribution in [0.5, 0.6) is 0 Å². The first kappa shape index (κ1) is 10.8. The van der Waals surface area contributed by atoms with E-state index < -0.39 is 0 Å². The first-order chi connectivity index (χ1) is 7.72. The summed E-state index contributed by atoms with van der Waals surface area (Å²) < 4.78 is 1.70. The molecule has 16 heavy (non-hydrogen) atoms. The average molecular weight is 217 g/mol. The lowest BCUT2D eigenvalue weighted by atomic mass is 10.1. The Hall–Kier alpha value is -1.75. The largest absolute Gasteiger partial charge is 0.316 e. The van der Waals surface area contributed by atoms with E-state index in [1.807, 2.05) is 14.0 Å². The second kappa shape index (κ2) is 4.40. The quantitative estimate of drug-likeness (QED) is 0.833. The predicted octanol–water partition coefficient (Wildman–Crippen LogP) is 0.999. The molecule has 0 saturated heterocycles. The van der Waals surface area contributed by atoms with Crippen molar-refractivity contribution in [3.63, 3.8) is 0 Å². The lowest BCUT2D eigenvalue weighted by Gasteiger charge is -2.12. The molecule has 2 rings (SSSR count). The summed E-state index contributed by atoms with van der Waals surface area (Å²) in [7, 11) is 1.92. The van der Waals surface area contributed by atoms with Crippen LogP contribution in [0, 0.1) is 13.8 Å². The second-order valence-corrected chi connectivity index (χ2v) is 3.75. The van der Waals surface area contributed by atoms with Crippen molar-refractivity contribution in [1.82, 2.24) is 25.1 Å². The Labute approximate surface area is 94.5 Å². The minimum atomic E-state index is 0.772. The van der Waals surface area contributed by atoms with Crippen molar-refractivity contribution >= 4 is 0 Å². The molecule has 1 N–H and O–H groups in total. The molecule has 5 nitrogen and oxygen atoms in total. The van der Waals surface area contributed by atoms with E-state index in [1.165, 1.54) is 11.9 Å². The molecule has 0 aliphatic heterocycles. The number of nitrogens with zero attached hydrogens (tertiary/aromatic N) is 4. The minimum absolute atomic E-state index is 0.772. The van der Waals surface area contributed by atoms with Crippen LogP contribution in [0.2, 0.25) is 0 Å². The number of pyridine rings is 1. The van der Waals surface area contributed by atoms with Gasteiger partial charge in [-0.05, 0) is 32.5 Å². The second-order valence-electron chi connectivity index (χ2n) is 3.75. The van der Waals surface area contributed by atoms with E-state index in [1.54, 1.807) is 11.0 Å². The maximum atomic E-state index is 4.52. The Kier molecular flexibility index (Phi) is 2.96. The van der Waals surface area contributed by atoms with Gasteiger partial charge in [-0.15, -0.1) is 0 Å². The number of hydrogen-bond donors (Lipinski definition) is 1. The van der Waals surface area contributed by atoms with Crippen LogP contribution in [-0.2, 0) is 6.54 Å². The van der Waals surface area contributed by atoms with E-state index in [0.717, 1.165) is 23.6 Å². The van der Waals surface area contributed by atoms with Crippen molar-refractivity contribution in [1.29, 1.82) is 0 Å². The highest BCUT2D eigenvalue weighted by Gasteiger charge is 2.10. The van der Waals surface area contributed by atoms with Gasteiger partial charge in [-0.3, -0.25) is 0 Å². The zero-order valence-electron chi connectivity index (χ0n) is 9.73. The lowest BCUT2D eigenvalue weighted by molar-refractivity contribution is 0.761. The van der Waals surface area contributed by atoms with E-state index in [2.05, 4.69) is 33.4 Å². The third-order valence-corrected chi connectivity index (χ3v) is 2.44. The van der Waals surface area contributed by atoms with Crippen molar-refractivity contribution in [3.8, 4) is 5.82 Å². The highest BCUT2D eigenvalue weighted by Crippen LogP contribution is 2.16. The standard InChI is InChI=1S/C11H15N5/c1-8-4-9(2)15-11(10(8)5-12-3)16-7-13-6-14-16/h4,6-7,12H,5H2,1-3H3. The number of aromatic nitrogens is 4. The zero-order chi connectivity index (χ0) is 11.5. The van der Waals surface area contributed by atoms with Crippen LogP contribution in [0.25, 0.3) is 5.82 Å². The maximum Gasteiger partial charge on any atom is 0.160 e. The third-order valence-electron chi connectivity index (χ3n) is 2.44. The fourth-order valence-electron chi connectivity index (χ4n) is 1.75. The van der Waals surface area contributed by atoms with Crippen LogP contribution in [0.4, 0.5) is 0 Å². The van der Waals surface area contributed by atoms with Crippen LogP contribution in [-0.4, -0.2) is 26.8 Å². The van der Waals surface area contributed by atoms with Crippen molar-refractivity contribution in [2.75, 3.05) is 7.05 Å². The molecule has 0 radical (unpaired) electrons. The van der Waals surface area contributed by atoms with Gasteiger partial charge in [0.1, 0.15) is 12.7 Å². The molecule has 0 fully saturated rings. The van der Waals surface area contributed by atoms with Crippen molar-refractivity contribution in [3.05, 3.63) is 35.5 Å². The van der Waals surface area contributed by atoms with Crippen molar-refractivity contribution < 1.29 is 0 Å². The van der Waals surface area contributed by atoms with Crippen LogP contribution < -0.4 is 5.32 Å². The average Bonchev–Trinajstić information content (AvgIpc) is 2.75. The van der Waals surface area contributed by atoms with Crippen LogP contribution in [0.1, 0.15) is 16.8 Å². The van der Waals surface area contributed by atoms with Gasteiger partial charge in [0.2, 0.25) is 0 Å². The molecule has 2 heterocycles. The summed E-state index contributed by atoms with van der Waals surface area (Å²) in [6, 6.07) is 2.08. The summed E-state index contributed by atoms with van der Waals surface area (Å²) in [5.41, 5.74) is 3.36. The van der Waals surface area contributed by atoms with Gasteiger partial charge in [0.15, 0.2) is 5.82 Å². The summed E-state index contributed by atoms with van der Waals surface area (Å²) in [6.07, 6.45) is 3.18. The van der Waals surface area contributed by atoms with Gasteiger partial charge in [-0.1, -0.05) is 0 Å². The summed E-state index contributed by atoms with van der Waals surface area (Å²) >= 11 is 0. The zero-order valence-corrected chi connectivity index (χ0v) is 9.73. The Balaban J connectivity index is 2.57. The van der Waals surface area contributed by atoms with Crippen LogP contribution in [0.3, 0.4) is 0 Å². The SMILES string of the molecule is CNCc1c(C)cc(C)nc1-n1cncn1. The van der Waals surface area contributed by atoms with E-state index in [9.17, 15) is 0 Å². The summed E-state index contributed by atoms with van der Waals surface area (Å²) in [4.78, 5) is 8.47. The molecule has 0 amide bonds. The Morgan fingerprint density at radius 3 is 2.81 bits per heavy atom. The van der Waals surface area contributed by atoms with Crippen molar-refractivity contribution in [2.45, 2.75) is 20.4 Å². The molecule has 0 aliphatic rings. The molecule has 0 aromatic carbocycles. The van der Waals surface area contributed by atoms with Crippen molar-refractivity contribution in [2.24, 2.45) is 0 Å². The molecule has 0 saturated carbocycles.